The molecule has 0 aromatic rings. The topological polar surface area (TPSA) is 56.1 Å². The average Bonchev–Trinajstić information content (AvgIpc) is 2.89. The van der Waals surface area contributed by atoms with Gasteiger partial charge >= 0.3 is 0 Å². The number of nitrogens with zero attached hydrogens (tertiary/aromatic N) is 2. The smallest absolute Gasteiger partial charge is 0.263 e. The van der Waals surface area contributed by atoms with Crippen LogP contribution in [-0.4, -0.2) is 29.4 Å². The minimum absolute atomic E-state index is 0.166. The van der Waals surface area contributed by atoms with Crippen molar-refractivity contribution in [3.05, 3.63) is 11.8 Å². The van der Waals surface area contributed by atoms with Crippen molar-refractivity contribution < 1.29 is 4.79 Å². The molecule has 2 unspecified atom stereocenters. The number of nitrogens with one attached hydrogen (secondary N) is 1. The number of amides is 1. The Kier molecular flexibility index (Phi) is 7.88. The van der Waals surface area contributed by atoms with Crippen LogP contribution in [0.25, 0.3) is 0 Å². The number of hydrogen-bond acceptors (Lipinski definition) is 3. The Labute approximate surface area is 184 Å². The molecule has 3 rings (SSSR count). The monoisotopic (exact) mass is 413 g/mol. The molecule has 3 aliphatic rings. The predicted molar refractivity (Wildman–Crippen MR) is 123 cm³/mol. The highest BCUT2D eigenvalue weighted by Gasteiger charge is 2.48. The lowest BCUT2D eigenvalue weighted by molar-refractivity contribution is -0.118. The van der Waals surface area contributed by atoms with Crippen LogP contribution in [0, 0.1) is 22.2 Å². The zero-order valence-corrected chi connectivity index (χ0v) is 19.6. The summed E-state index contributed by atoms with van der Waals surface area (Å²) in [6.07, 6.45) is 19.1. The maximum atomic E-state index is 13.0. The molecule has 1 heterocycles. The number of carbonyl (C=O) groups excluding carboxylic acids is 1. The SMILES string of the molecule is CC1(C)CC2CC(C)(CN2/C=C(/C#N)C(=O)NC2CCCCCCCCCCC2)C1. The van der Waals surface area contributed by atoms with E-state index in [0.29, 0.717) is 16.9 Å². The molecule has 2 saturated carbocycles. The van der Waals surface area contributed by atoms with E-state index in [0.717, 1.165) is 25.8 Å². The van der Waals surface area contributed by atoms with Gasteiger partial charge in [0.2, 0.25) is 0 Å². The van der Waals surface area contributed by atoms with Crippen molar-refractivity contribution in [3.63, 3.8) is 0 Å². The molecule has 2 aliphatic carbocycles. The fraction of sp³-hybridized carbons (Fsp3) is 0.846. The van der Waals surface area contributed by atoms with Gasteiger partial charge in [0.25, 0.3) is 5.91 Å². The van der Waals surface area contributed by atoms with Gasteiger partial charge in [-0.2, -0.15) is 5.26 Å². The van der Waals surface area contributed by atoms with Crippen molar-refractivity contribution in [2.45, 2.75) is 123 Å². The fourth-order valence-electron chi connectivity index (χ4n) is 6.53. The summed E-state index contributed by atoms with van der Waals surface area (Å²) in [5.41, 5.74) is 0.922. The minimum atomic E-state index is -0.166. The van der Waals surface area contributed by atoms with Crippen LogP contribution in [0.15, 0.2) is 11.8 Å². The molecule has 30 heavy (non-hydrogen) atoms. The molecule has 0 aromatic carbocycles. The normalized spacial score (nSPS) is 31.3. The standard InChI is InChI=1S/C26H43N3O/c1-25(2)15-23-16-26(3,19-25)20-29(23)18-21(17-27)24(30)28-22-13-11-9-7-5-4-6-8-10-12-14-22/h18,22-23H,4-16,19-20H2,1-3H3,(H,28,30)/b21-18-. The number of likely N-dealkylation sites (tertiary alicyclic amines) is 1. The quantitative estimate of drug-likeness (QED) is 0.450. The molecular formula is C26H43N3O. The van der Waals surface area contributed by atoms with E-state index in [-0.39, 0.29) is 17.5 Å². The lowest BCUT2D eigenvalue weighted by Crippen LogP contribution is -2.37. The highest BCUT2D eigenvalue weighted by Crippen LogP contribution is 2.52. The summed E-state index contributed by atoms with van der Waals surface area (Å²) in [6.45, 7) is 8.03. The van der Waals surface area contributed by atoms with Crippen molar-refractivity contribution in [1.29, 1.82) is 5.26 Å². The van der Waals surface area contributed by atoms with Gasteiger partial charge in [-0.25, -0.2) is 0 Å². The summed E-state index contributed by atoms with van der Waals surface area (Å²) in [4.78, 5) is 15.3. The lowest BCUT2D eigenvalue weighted by Gasteiger charge is -2.39. The maximum Gasteiger partial charge on any atom is 0.263 e. The average molecular weight is 414 g/mol. The molecule has 2 bridgehead atoms. The zero-order valence-electron chi connectivity index (χ0n) is 19.6. The van der Waals surface area contributed by atoms with Crippen molar-refractivity contribution >= 4 is 5.91 Å². The van der Waals surface area contributed by atoms with E-state index >= 15 is 0 Å². The van der Waals surface area contributed by atoms with E-state index in [1.807, 2.05) is 6.20 Å². The maximum absolute atomic E-state index is 13.0. The Morgan fingerprint density at radius 3 is 2.10 bits per heavy atom. The number of nitriles is 1. The fourth-order valence-corrected chi connectivity index (χ4v) is 6.53. The van der Waals surface area contributed by atoms with Crippen LogP contribution in [0.4, 0.5) is 0 Å². The van der Waals surface area contributed by atoms with Gasteiger partial charge in [0.15, 0.2) is 0 Å². The molecule has 1 N–H and O–H groups in total. The third-order valence-electron chi connectivity index (χ3n) is 7.56. The molecule has 3 fully saturated rings. The van der Waals surface area contributed by atoms with Gasteiger partial charge in [0.1, 0.15) is 11.6 Å². The van der Waals surface area contributed by atoms with Gasteiger partial charge in [0, 0.05) is 24.8 Å². The van der Waals surface area contributed by atoms with Crippen molar-refractivity contribution in [2.24, 2.45) is 10.8 Å². The second-order valence-electron chi connectivity index (χ2n) is 11.5. The minimum Gasteiger partial charge on any atom is -0.373 e. The van der Waals surface area contributed by atoms with Gasteiger partial charge in [-0.1, -0.05) is 78.6 Å². The molecule has 1 saturated heterocycles. The highest BCUT2D eigenvalue weighted by molar-refractivity contribution is 5.97. The van der Waals surface area contributed by atoms with Gasteiger partial charge in [-0.15, -0.1) is 0 Å². The first-order valence-electron chi connectivity index (χ1n) is 12.5. The predicted octanol–water partition coefficient (Wildman–Crippen LogP) is 6.08. The Morgan fingerprint density at radius 2 is 1.53 bits per heavy atom. The van der Waals surface area contributed by atoms with Crippen LogP contribution in [0.2, 0.25) is 0 Å². The van der Waals surface area contributed by atoms with E-state index in [4.69, 9.17) is 0 Å². The van der Waals surface area contributed by atoms with Gasteiger partial charge in [-0.05, 0) is 42.9 Å². The van der Waals surface area contributed by atoms with E-state index in [1.54, 1.807) is 0 Å². The number of rotatable bonds is 3. The number of hydrogen-bond donors (Lipinski definition) is 1. The van der Waals surface area contributed by atoms with Gasteiger partial charge < -0.3 is 10.2 Å². The molecule has 168 valence electrons. The second kappa shape index (κ2) is 10.2. The summed E-state index contributed by atoms with van der Waals surface area (Å²) in [6, 6.07) is 2.87. The summed E-state index contributed by atoms with van der Waals surface area (Å²) < 4.78 is 0. The first kappa shape index (κ1) is 23.2. The van der Waals surface area contributed by atoms with E-state index in [2.05, 4.69) is 37.1 Å². The third kappa shape index (κ3) is 6.50. The van der Waals surface area contributed by atoms with Crippen molar-refractivity contribution in [3.8, 4) is 6.07 Å². The van der Waals surface area contributed by atoms with Crippen LogP contribution < -0.4 is 5.32 Å². The molecular weight excluding hydrogens is 370 g/mol. The Balaban J connectivity index is 1.61. The summed E-state index contributed by atoms with van der Waals surface area (Å²) in [7, 11) is 0. The zero-order chi connectivity index (χ0) is 21.6. The van der Waals surface area contributed by atoms with E-state index < -0.39 is 0 Å². The largest absolute Gasteiger partial charge is 0.373 e. The number of carbonyl (C=O) groups is 1. The van der Waals surface area contributed by atoms with Crippen LogP contribution in [-0.2, 0) is 4.79 Å². The van der Waals surface area contributed by atoms with E-state index in [9.17, 15) is 10.1 Å². The molecule has 0 aromatic heterocycles. The Bertz CT molecular complexity index is 650. The second-order valence-corrected chi connectivity index (χ2v) is 11.5. The summed E-state index contributed by atoms with van der Waals surface area (Å²) in [5.74, 6) is -0.166. The molecule has 4 nitrogen and oxygen atoms in total. The first-order chi connectivity index (χ1) is 14.3. The van der Waals surface area contributed by atoms with Crippen molar-refractivity contribution in [1.82, 2.24) is 10.2 Å². The molecule has 0 spiro atoms. The molecule has 1 amide bonds. The van der Waals surface area contributed by atoms with Crippen molar-refractivity contribution in [2.75, 3.05) is 6.54 Å². The lowest BCUT2D eigenvalue weighted by atomic mass is 9.65. The van der Waals surface area contributed by atoms with Crippen LogP contribution in [0.5, 0.6) is 0 Å². The Morgan fingerprint density at radius 1 is 0.967 bits per heavy atom. The third-order valence-corrected chi connectivity index (χ3v) is 7.56. The van der Waals surface area contributed by atoms with Crippen LogP contribution in [0.1, 0.15) is 111 Å². The first-order valence-corrected chi connectivity index (χ1v) is 12.5. The van der Waals surface area contributed by atoms with Crippen LogP contribution in [0.3, 0.4) is 0 Å². The molecule has 2 atom stereocenters. The Hall–Kier alpha value is -1.50. The molecule has 1 aliphatic heterocycles. The van der Waals surface area contributed by atoms with Gasteiger partial charge in [-0.3, -0.25) is 4.79 Å². The summed E-state index contributed by atoms with van der Waals surface area (Å²) >= 11 is 0. The van der Waals surface area contributed by atoms with Crippen LogP contribution >= 0.6 is 0 Å². The molecule has 4 heteroatoms. The highest BCUT2D eigenvalue weighted by atomic mass is 16.1. The molecule has 0 radical (unpaired) electrons. The number of fused-ring (bicyclic) bond motifs is 2. The van der Waals surface area contributed by atoms with Gasteiger partial charge in [0.05, 0.1) is 0 Å². The van der Waals surface area contributed by atoms with E-state index in [1.165, 1.54) is 70.6 Å². The summed E-state index contributed by atoms with van der Waals surface area (Å²) in [5, 5.41) is 13.0.